The number of nitrogens with zero attached hydrogens (tertiary/aromatic N) is 5. The summed E-state index contributed by atoms with van der Waals surface area (Å²) in [7, 11) is 1.74. The van der Waals surface area contributed by atoms with Crippen LogP contribution >= 0.6 is 11.6 Å². The van der Waals surface area contributed by atoms with Crippen molar-refractivity contribution in [2.45, 2.75) is 32.4 Å². The zero-order valence-electron chi connectivity index (χ0n) is 18.3. The molecule has 1 aromatic carbocycles. The number of carbonyl (C=O) groups excluding carboxylic acids is 1. The van der Waals surface area contributed by atoms with Crippen molar-refractivity contribution in [3.8, 4) is 0 Å². The molecule has 1 saturated heterocycles. The van der Waals surface area contributed by atoms with Crippen LogP contribution in [0.15, 0.2) is 36.8 Å². The monoisotopic (exact) mass is 458 g/mol. The van der Waals surface area contributed by atoms with Crippen molar-refractivity contribution < 1.29 is 13.9 Å². The number of nitrogens with one attached hydrogen (secondary N) is 1. The largest absolute Gasteiger partial charge is 0.444 e. The number of rotatable bonds is 4. The van der Waals surface area contributed by atoms with E-state index in [1.807, 2.05) is 31.7 Å². The average Bonchev–Trinajstić information content (AvgIpc) is 2.69. The molecule has 1 N–H and O–H groups in total. The molecule has 0 radical (unpaired) electrons. The lowest BCUT2D eigenvalue weighted by Gasteiger charge is -2.44. The number of aromatic nitrogens is 3. The predicted octanol–water partition coefficient (Wildman–Crippen LogP) is 4.62. The van der Waals surface area contributed by atoms with Gasteiger partial charge in [-0.25, -0.2) is 24.1 Å². The first-order valence-corrected chi connectivity index (χ1v) is 10.5. The Bertz CT molecular complexity index is 1160. The lowest BCUT2D eigenvalue weighted by atomic mass is 10.1. The molecule has 3 heterocycles. The first kappa shape index (κ1) is 22.0. The number of hydrogen-bond acceptors (Lipinski definition) is 7. The van der Waals surface area contributed by atoms with Crippen LogP contribution in [0.1, 0.15) is 20.8 Å². The molecular formula is C22H24ClFN6O2. The van der Waals surface area contributed by atoms with Crippen LogP contribution in [0.2, 0.25) is 5.02 Å². The Hall–Kier alpha value is -3.20. The van der Waals surface area contributed by atoms with Crippen LogP contribution in [-0.2, 0) is 4.74 Å². The van der Waals surface area contributed by atoms with Crippen LogP contribution in [-0.4, -0.2) is 57.7 Å². The van der Waals surface area contributed by atoms with Crippen molar-refractivity contribution in [1.29, 1.82) is 0 Å². The van der Waals surface area contributed by atoms with Gasteiger partial charge in [0, 0.05) is 25.5 Å². The number of halogens is 2. The second kappa shape index (κ2) is 8.38. The number of carbonyl (C=O) groups is 1. The molecule has 4 rings (SSSR count). The molecule has 3 aromatic rings. The average molecular weight is 459 g/mol. The van der Waals surface area contributed by atoms with Crippen LogP contribution in [0, 0.1) is 5.82 Å². The quantitative estimate of drug-likeness (QED) is 0.610. The van der Waals surface area contributed by atoms with Gasteiger partial charge in [0.25, 0.3) is 0 Å². The molecule has 2 aromatic heterocycles. The maximum atomic E-state index is 14.3. The zero-order valence-corrected chi connectivity index (χ0v) is 19.0. The SMILES string of the molecule is CN(C(=O)OC(C)(C)C)C1CN(c2cc3c(Nc4cccc(Cl)c4F)ncnc3cn2)C1. The van der Waals surface area contributed by atoms with Gasteiger partial charge < -0.3 is 19.9 Å². The highest BCUT2D eigenvalue weighted by atomic mass is 35.5. The first-order valence-electron chi connectivity index (χ1n) is 10.1. The summed E-state index contributed by atoms with van der Waals surface area (Å²) in [4.78, 5) is 28.9. The highest BCUT2D eigenvalue weighted by Crippen LogP contribution is 2.30. The van der Waals surface area contributed by atoms with E-state index in [9.17, 15) is 9.18 Å². The lowest BCUT2D eigenvalue weighted by Crippen LogP contribution is -2.60. The Morgan fingerprint density at radius 1 is 1.28 bits per heavy atom. The van der Waals surface area contributed by atoms with E-state index < -0.39 is 11.4 Å². The standard InChI is InChI=1S/C22H24ClFN6O2/c1-22(2,3)32-21(31)29(4)13-10-30(11-13)18-8-14-17(9-25-18)26-12-27-20(14)28-16-7-5-6-15(23)19(16)24/h5-9,12-13H,10-11H2,1-4H3,(H,26,27,28). The van der Waals surface area contributed by atoms with Crippen LogP contribution in [0.4, 0.5) is 26.5 Å². The fraction of sp³-hybridized carbons (Fsp3) is 0.364. The topological polar surface area (TPSA) is 83.5 Å². The number of benzene rings is 1. The van der Waals surface area contributed by atoms with Crippen molar-refractivity contribution in [1.82, 2.24) is 19.9 Å². The Kier molecular flexibility index (Phi) is 5.77. The van der Waals surface area contributed by atoms with E-state index in [-0.39, 0.29) is 22.8 Å². The van der Waals surface area contributed by atoms with Crippen LogP contribution in [0.3, 0.4) is 0 Å². The Labute approximate surface area is 190 Å². The second-order valence-electron chi connectivity index (χ2n) is 8.66. The van der Waals surface area contributed by atoms with E-state index >= 15 is 0 Å². The highest BCUT2D eigenvalue weighted by Gasteiger charge is 2.35. The molecule has 1 aliphatic rings. The van der Waals surface area contributed by atoms with E-state index in [2.05, 4.69) is 20.3 Å². The molecule has 0 saturated carbocycles. The summed E-state index contributed by atoms with van der Waals surface area (Å²) < 4.78 is 19.8. The van der Waals surface area contributed by atoms with Gasteiger partial charge >= 0.3 is 6.09 Å². The van der Waals surface area contributed by atoms with Crippen molar-refractivity contribution in [3.63, 3.8) is 0 Å². The number of hydrogen-bond donors (Lipinski definition) is 1. The van der Waals surface area contributed by atoms with Crippen molar-refractivity contribution in [2.75, 3.05) is 30.4 Å². The van der Waals surface area contributed by atoms with E-state index in [4.69, 9.17) is 16.3 Å². The summed E-state index contributed by atoms with van der Waals surface area (Å²) in [6.07, 6.45) is 2.69. The van der Waals surface area contributed by atoms with Crippen LogP contribution in [0.5, 0.6) is 0 Å². The predicted molar refractivity (Wildman–Crippen MR) is 122 cm³/mol. The molecule has 0 aliphatic carbocycles. The Morgan fingerprint density at radius 3 is 2.75 bits per heavy atom. The summed E-state index contributed by atoms with van der Waals surface area (Å²) in [6, 6.07) is 6.60. The summed E-state index contributed by atoms with van der Waals surface area (Å²) in [5.41, 5.74) is 0.302. The summed E-state index contributed by atoms with van der Waals surface area (Å²) in [5.74, 6) is 0.615. The third-order valence-electron chi connectivity index (χ3n) is 5.13. The summed E-state index contributed by atoms with van der Waals surface area (Å²) in [6.45, 7) is 6.76. The Balaban J connectivity index is 1.51. The minimum absolute atomic E-state index is 0.0209. The number of anilines is 3. The first-order chi connectivity index (χ1) is 15.1. The molecule has 1 aliphatic heterocycles. The molecule has 1 fully saturated rings. The van der Waals surface area contributed by atoms with Gasteiger partial charge in [0.1, 0.15) is 23.6 Å². The second-order valence-corrected chi connectivity index (χ2v) is 9.07. The molecule has 168 valence electrons. The summed E-state index contributed by atoms with van der Waals surface area (Å²) in [5, 5.41) is 3.72. The van der Waals surface area contributed by atoms with Gasteiger partial charge in [-0.3, -0.25) is 0 Å². The van der Waals surface area contributed by atoms with Gasteiger partial charge in [-0.2, -0.15) is 0 Å². The van der Waals surface area contributed by atoms with Gasteiger partial charge in [0.2, 0.25) is 0 Å². The van der Waals surface area contributed by atoms with Gasteiger partial charge in [-0.15, -0.1) is 0 Å². The number of amides is 1. The van der Waals surface area contributed by atoms with Gasteiger partial charge in [0.05, 0.1) is 28.5 Å². The number of fused-ring (bicyclic) bond motifs is 1. The normalized spacial score (nSPS) is 14.2. The molecule has 0 atom stereocenters. The van der Waals surface area contributed by atoms with E-state index in [1.165, 1.54) is 12.4 Å². The number of pyridine rings is 1. The van der Waals surface area contributed by atoms with Crippen LogP contribution < -0.4 is 10.2 Å². The maximum absolute atomic E-state index is 14.3. The van der Waals surface area contributed by atoms with Crippen molar-refractivity contribution in [3.05, 3.63) is 47.6 Å². The molecule has 0 bridgehead atoms. The molecule has 0 spiro atoms. The van der Waals surface area contributed by atoms with Gasteiger partial charge in [-0.1, -0.05) is 17.7 Å². The minimum atomic E-state index is -0.550. The molecule has 10 heteroatoms. The zero-order chi connectivity index (χ0) is 23.0. The third-order valence-corrected chi connectivity index (χ3v) is 5.42. The lowest BCUT2D eigenvalue weighted by molar-refractivity contribution is 0.0196. The molecule has 1 amide bonds. The van der Waals surface area contributed by atoms with Gasteiger partial charge in [0.15, 0.2) is 5.82 Å². The fourth-order valence-electron chi connectivity index (χ4n) is 3.32. The van der Waals surface area contributed by atoms with Crippen molar-refractivity contribution >= 4 is 45.9 Å². The summed E-state index contributed by atoms with van der Waals surface area (Å²) >= 11 is 5.89. The minimum Gasteiger partial charge on any atom is -0.444 e. The van der Waals surface area contributed by atoms with E-state index in [0.29, 0.717) is 29.8 Å². The van der Waals surface area contributed by atoms with E-state index in [0.717, 1.165) is 5.82 Å². The molecular weight excluding hydrogens is 435 g/mol. The Morgan fingerprint density at radius 2 is 2.03 bits per heavy atom. The fourth-order valence-corrected chi connectivity index (χ4v) is 3.49. The third kappa shape index (κ3) is 4.52. The van der Waals surface area contributed by atoms with E-state index in [1.54, 1.807) is 30.3 Å². The smallest absolute Gasteiger partial charge is 0.410 e. The number of likely N-dealkylation sites (N-methyl/N-ethyl adjacent to an activating group) is 1. The van der Waals surface area contributed by atoms with Gasteiger partial charge in [-0.05, 0) is 39.0 Å². The van der Waals surface area contributed by atoms with Crippen LogP contribution in [0.25, 0.3) is 10.9 Å². The maximum Gasteiger partial charge on any atom is 0.410 e. The highest BCUT2D eigenvalue weighted by molar-refractivity contribution is 6.31. The molecule has 0 unspecified atom stereocenters. The van der Waals surface area contributed by atoms with Crippen molar-refractivity contribution in [2.24, 2.45) is 0 Å². The molecule has 32 heavy (non-hydrogen) atoms. The number of ether oxygens (including phenoxy) is 1. The molecule has 8 nitrogen and oxygen atoms in total.